The highest BCUT2D eigenvalue weighted by Crippen LogP contribution is 2.36. The minimum atomic E-state index is -2.36. The highest BCUT2D eigenvalue weighted by atomic mass is 16.6. The Morgan fingerprint density at radius 3 is 2.43 bits per heavy atom. The summed E-state index contributed by atoms with van der Waals surface area (Å²) in [7, 11) is 1.60. The van der Waals surface area contributed by atoms with Crippen molar-refractivity contribution in [3.8, 4) is 0 Å². The van der Waals surface area contributed by atoms with Gasteiger partial charge < -0.3 is 29.3 Å². The Kier molecular flexibility index (Phi) is 16.9. The molecule has 2 N–H and O–H groups in total. The highest BCUT2D eigenvalue weighted by molar-refractivity contribution is 6.39. The van der Waals surface area contributed by atoms with E-state index in [2.05, 4.69) is 11.9 Å². The maximum absolute atomic E-state index is 14.1. The number of aliphatic hydroxyl groups excluding tert-OH is 1. The molecule has 0 spiro atoms. The molecule has 0 saturated carbocycles. The fourth-order valence-electron chi connectivity index (χ4n) is 7.95. The Morgan fingerprint density at radius 1 is 0.982 bits per heavy atom. The second-order valence-corrected chi connectivity index (χ2v) is 16.4. The summed E-state index contributed by atoms with van der Waals surface area (Å²) in [5.41, 5.74) is 2.53. The number of fused-ring (bicyclic) bond motifs is 3. The van der Waals surface area contributed by atoms with Gasteiger partial charge in [-0.3, -0.25) is 19.4 Å². The van der Waals surface area contributed by atoms with Crippen LogP contribution in [0.25, 0.3) is 0 Å². The van der Waals surface area contributed by atoms with Gasteiger partial charge in [-0.2, -0.15) is 0 Å². The first-order chi connectivity index (χ1) is 26.6. The number of carbonyl (C=O) groups is 4. The number of hydrogen-bond donors (Lipinski definition) is 2. The number of Topliss-reactive ketones (excluding diaryl/α,β-unsaturated/α-hetero) is 2. The lowest BCUT2D eigenvalue weighted by Crippen LogP contribution is -2.61. The summed E-state index contributed by atoms with van der Waals surface area (Å²) in [4.78, 5) is 60.7. The lowest BCUT2D eigenvalue weighted by Gasteiger charge is -2.42. The van der Waals surface area contributed by atoms with Gasteiger partial charge in [-0.25, -0.2) is 4.79 Å². The minimum Gasteiger partial charge on any atom is -0.460 e. The number of ketones is 2. The Labute approximate surface area is 333 Å². The monoisotopic (exact) mass is 776 g/mol. The molecule has 4 rings (SSSR count). The van der Waals surface area contributed by atoms with Crippen LogP contribution in [0.1, 0.15) is 105 Å². The molecule has 3 aliphatic rings. The van der Waals surface area contributed by atoms with Gasteiger partial charge in [0.1, 0.15) is 17.9 Å². The summed E-state index contributed by atoms with van der Waals surface area (Å²) in [6, 6.07) is 2.78. The van der Waals surface area contributed by atoms with Gasteiger partial charge in [-0.15, -0.1) is 0 Å². The highest BCUT2D eigenvalue weighted by Gasteiger charge is 2.53. The second kappa shape index (κ2) is 21.1. The van der Waals surface area contributed by atoms with E-state index < -0.39 is 53.7 Å². The number of hydrogen-bond acceptors (Lipinski definition) is 10. The molecular weight excluding hydrogens is 712 g/mol. The fraction of sp³-hybridized carbons (Fsp3) is 0.622. The van der Waals surface area contributed by atoms with Crippen LogP contribution in [0.15, 0.2) is 72.1 Å². The molecule has 10 atom stereocenters. The molecule has 308 valence electrons. The van der Waals surface area contributed by atoms with Crippen LogP contribution in [-0.4, -0.2) is 93.4 Å². The number of allylic oxidation sites excluding steroid dienone is 5. The van der Waals surface area contributed by atoms with E-state index in [0.29, 0.717) is 56.9 Å². The van der Waals surface area contributed by atoms with Gasteiger partial charge in [0.05, 0.1) is 18.3 Å². The molecule has 1 aromatic rings. The molecule has 11 heteroatoms. The molecule has 0 aromatic carbocycles. The number of ether oxygens (including phenoxy) is 3. The number of amides is 1. The third kappa shape index (κ3) is 12.1. The van der Waals surface area contributed by atoms with Crippen molar-refractivity contribution in [3.63, 3.8) is 0 Å². The van der Waals surface area contributed by atoms with Crippen LogP contribution < -0.4 is 0 Å². The third-order valence-corrected chi connectivity index (χ3v) is 11.9. The molecule has 0 aliphatic carbocycles. The maximum Gasteiger partial charge on any atom is 0.329 e. The van der Waals surface area contributed by atoms with Crippen LogP contribution in [0, 0.1) is 23.7 Å². The molecule has 4 heterocycles. The van der Waals surface area contributed by atoms with Gasteiger partial charge in [0.2, 0.25) is 5.79 Å². The van der Waals surface area contributed by atoms with Gasteiger partial charge in [0.25, 0.3) is 11.7 Å². The number of aliphatic hydroxyl groups is 2. The zero-order chi connectivity index (χ0) is 41.0. The molecular formula is C45H64N2O9. The number of nitrogens with zero attached hydrogens (tertiary/aromatic N) is 2. The molecule has 0 radical (unpaired) electrons. The number of methoxy groups -OCH3 is 1. The average molecular weight is 777 g/mol. The van der Waals surface area contributed by atoms with E-state index in [4.69, 9.17) is 14.2 Å². The zero-order valence-corrected chi connectivity index (χ0v) is 34.4. The van der Waals surface area contributed by atoms with Crippen LogP contribution in [0.4, 0.5) is 0 Å². The van der Waals surface area contributed by atoms with E-state index in [0.717, 1.165) is 11.1 Å². The van der Waals surface area contributed by atoms with E-state index in [1.807, 2.05) is 69.4 Å². The standard InChI is InChI=1S/C45H64N2O9/c1-29-13-9-8-10-14-31(3)41(54-7)27-36-18-17-34(6)45(53,56-36)42(50)43(51)47-24-12-11-15-37(47)44(52)55-40(33(5)26-35-20-22-46-23-21-35)19-16-30(2)38(48)28-39(49)32(4)25-29/h8-10,13-14,16,20-23,29,32-34,36-38,40-41,48,53H,11-12,15,17-19,24-28H2,1-7H3/b10-8-,13-9-,30-16-,31-14-/t29-,32-,33-,34-,36+,37+,38+,40?,41+,45-/m1/s1. The minimum absolute atomic E-state index is 0.0235. The quantitative estimate of drug-likeness (QED) is 0.199. The largest absolute Gasteiger partial charge is 0.460 e. The third-order valence-electron chi connectivity index (χ3n) is 11.9. The fourth-order valence-corrected chi connectivity index (χ4v) is 7.95. The molecule has 3 aliphatic heterocycles. The number of esters is 1. The summed E-state index contributed by atoms with van der Waals surface area (Å²) >= 11 is 0. The summed E-state index contributed by atoms with van der Waals surface area (Å²) < 4.78 is 18.1. The molecule has 2 saturated heterocycles. The first-order valence-corrected chi connectivity index (χ1v) is 20.4. The molecule has 2 bridgehead atoms. The lowest BCUT2D eigenvalue weighted by molar-refractivity contribution is -0.265. The van der Waals surface area contributed by atoms with Gasteiger partial charge in [-0.05, 0) is 99.5 Å². The predicted octanol–water partition coefficient (Wildman–Crippen LogP) is 6.42. The van der Waals surface area contributed by atoms with Crippen LogP contribution >= 0.6 is 0 Å². The number of carbonyl (C=O) groups excluding carboxylic acids is 4. The summed E-state index contributed by atoms with van der Waals surface area (Å²) in [5.74, 6) is -6.03. The Balaban J connectivity index is 1.66. The Morgan fingerprint density at radius 2 is 1.71 bits per heavy atom. The predicted molar refractivity (Wildman–Crippen MR) is 214 cm³/mol. The normalized spacial score (nSPS) is 36.1. The van der Waals surface area contributed by atoms with E-state index in [1.165, 1.54) is 4.90 Å². The molecule has 1 aromatic heterocycles. The van der Waals surface area contributed by atoms with E-state index in [-0.39, 0.29) is 49.0 Å². The number of cyclic esters (lactones) is 1. The zero-order valence-electron chi connectivity index (χ0n) is 34.4. The number of aromatic nitrogens is 1. The number of piperidine rings is 1. The van der Waals surface area contributed by atoms with Crippen molar-refractivity contribution in [1.29, 1.82) is 0 Å². The first-order valence-electron chi connectivity index (χ1n) is 20.4. The first kappa shape index (κ1) is 44.9. The summed E-state index contributed by atoms with van der Waals surface area (Å²) in [6.07, 6.45) is 16.8. The van der Waals surface area contributed by atoms with Gasteiger partial charge in [-0.1, -0.05) is 64.2 Å². The Hall–Kier alpha value is -3.77. The van der Waals surface area contributed by atoms with Crippen LogP contribution in [0.5, 0.6) is 0 Å². The van der Waals surface area contributed by atoms with Crippen molar-refractivity contribution in [3.05, 3.63) is 77.7 Å². The molecule has 11 nitrogen and oxygen atoms in total. The van der Waals surface area contributed by atoms with Crippen LogP contribution in [-0.2, 0) is 39.8 Å². The van der Waals surface area contributed by atoms with Crippen molar-refractivity contribution in [2.75, 3.05) is 13.7 Å². The van der Waals surface area contributed by atoms with E-state index in [1.54, 1.807) is 33.4 Å². The van der Waals surface area contributed by atoms with Gasteiger partial charge in [0.15, 0.2) is 0 Å². The topological polar surface area (TPSA) is 153 Å². The van der Waals surface area contributed by atoms with Crippen LogP contribution in [0.2, 0.25) is 0 Å². The molecule has 2 fully saturated rings. The van der Waals surface area contributed by atoms with Crippen molar-refractivity contribution < 1.29 is 43.6 Å². The molecule has 56 heavy (non-hydrogen) atoms. The van der Waals surface area contributed by atoms with Crippen molar-refractivity contribution in [2.24, 2.45) is 23.7 Å². The van der Waals surface area contributed by atoms with Crippen molar-refractivity contribution in [2.45, 2.75) is 142 Å². The lowest BCUT2D eigenvalue weighted by atomic mass is 9.85. The van der Waals surface area contributed by atoms with E-state index >= 15 is 0 Å². The van der Waals surface area contributed by atoms with Gasteiger partial charge >= 0.3 is 5.97 Å². The summed E-state index contributed by atoms with van der Waals surface area (Å²) in [6.45, 7) is 11.5. The molecule has 1 unspecified atom stereocenters. The van der Waals surface area contributed by atoms with Crippen molar-refractivity contribution >= 4 is 23.4 Å². The van der Waals surface area contributed by atoms with Crippen molar-refractivity contribution in [1.82, 2.24) is 9.88 Å². The number of rotatable bonds is 4. The SMILES string of the molecule is CO[C@H]1C[C@@H]2CC[C@@H](C)[C@@](O)(O2)C(=O)C(=O)N2CCCC[C@H]2C(=O)OC([C@H](C)Cc2ccncc2)C/C=C(/C)[C@@H](O)CC(=O)[C@H](C)C[C@H](C)\C=C/C=C\C=C/1C. The summed E-state index contributed by atoms with van der Waals surface area (Å²) in [5, 5.41) is 22.9. The van der Waals surface area contributed by atoms with E-state index in [9.17, 15) is 29.4 Å². The average Bonchev–Trinajstić information content (AvgIpc) is 3.18. The van der Waals surface area contributed by atoms with Gasteiger partial charge in [0, 0.05) is 57.1 Å². The maximum atomic E-state index is 14.1. The Bertz CT molecular complexity index is 1620. The molecule has 1 amide bonds. The second-order valence-electron chi connectivity index (χ2n) is 16.4. The smallest absolute Gasteiger partial charge is 0.329 e. The van der Waals surface area contributed by atoms with Crippen LogP contribution in [0.3, 0.4) is 0 Å². The number of pyridine rings is 1.